The summed E-state index contributed by atoms with van der Waals surface area (Å²) in [4.78, 5) is 4.70. The molecule has 0 fully saturated rings. The Balaban J connectivity index is 2.11. The Kier molecular flexibility index (Phi) is 3.83. The molecule has 0 aliphatic rings. The maximum absolute atomic E-state index is 6.43. The maximum atomic E-state index is 6.43. The molecule has 0 aliphatic heterocycles. The Morgan fingerprint density at radius 1 is 1.14 bits per heavy atom. The van der Waals surface area contributed by atoms with E-state index in [1.807, 2.05) is 25.1 Å². The molecule has 0 spiro atoms. The fourth-order valence-electron chi connectivity index (χ4n) is 2.81. The molecule has 4 heteroatoms. The minimum Gasteiger partial charge on any atom is -0.497 e. The SMILES string of the molecule is COc1ccc(Cn2c(C)c(C)c3c(Cl)cc(C)nc32)cc1. The number of fused-ring (bicyclic) bond motifs is 1. The van der Waals surface area contributed by atoms with Gasteiger partial charge in [0.2, 0.25) is 0 Å². The maximum Gasteiger partial charge on any atom is 0.142 e. The third-order valence-electron chi connectivity index (χ3n) is 4.16. The fraction of sp³-hybridized carbons (Fsp3) is 0.278. The van der Waals surface area contributed by atoms with Crippen LogP contribution in [-0.2, 0) is 6.54 Å². The molecule has 0 unspecified atom stereocenters. The van der Waals surface area contributed by atoms with Crippen molar-refractivity contribution in [2.45, 2.75) is 27.3 Å². The lowest BCUT2D eigenvalue weighted by molar-refractivity contribution is 0.414. The third-order valence-corrected chi connectivity index (χ3v) is 4.46. The van der Waals surface area contributed by atoms with Crippen LogP contribution in [0.4, 0.5) is 0 Å². The van der Waals surface area contributed by atoms with Crippen LogP contribution in [0.5, 0.6) is 5.75 Å². The van der Waals surface area contributed by atoms with Crippen LogP contribution in [0.2, 0.25) is 5.02 Å². The molecule has 0 atom stereocenters. The van der Waals surface area contributed by atoms with Gasteiger partial charge in [0.25, 0.3) is 0 Å². The number of methoxy groups -OCH3 is 1. The van der Waals surface area contributed by atoms with Gasteiger partial charge in [-0.3, -0.25) is 0 Å². The van der Waals surface area contributed by atoms with E-state index in [0.717, 1.165) is 34.0 Å². The van der Waals surface area contributed by atoms with Gasteiger partial charge in [0.1, 0.15) is 11.4 Å². The Labute approximate surface area is 135 Å². The lowest BCUT2D eigenvalue weighted by Gasteiger charge is -2.09. The number of pyridine rings is 1. The van der Waals surface area contributed by atoms with E-state index < -0.39 is 0 Å². The average Bonchev–Trinajstić information content (AvgIpc) is 2.73. The normalized spacial score (nSPS) is 11.1. The minimum absolute atomic E-state index is 0.771. The van der Waals surface area contributed by atoms with Crippen molar-refractivity contribution in [3.63, 3.8) is 0 Å². The number of rotatable bonds is 3. The summed E-state index contributed by atoms with van der Waals surface area (Å²) < 4.78 is 7.44. The molecule has 3 rings (SSSR count). The van der Waals surface area contributed by atoms with Crippen molar-refractivity contribution in [1.29, 1.82) is 0 Å². The molecular weight excluding hydrogens is 296 g/mol. The van der Waals surface area contributed by atoms with E-state index in [1.54, 1.807) is 7.11 Å². The summed E-state index contributed by atoms with van der Waals surface area (Å²) in [5, 5.41) is 1.83. The molecule has 2 aromatic heterocycles. The van der Waals surface area contributed by atoms with E-state index in [-0.39, 0.29) is 0 Å². The summed E-state index contributed by atoms with van der Waals surface area (Å²) in [7, 11) is 1.68. The van der Waals surface area contributed by atoms with Crippen LogP contribution in [0.3, 0.4) is 0 Å². The van der Waals surface area contributed by atoms with Crippen molar-refractivity contribution in [1.82, 2.24) is 9.55 Å². The molecule has 0 radical (unpaired) electrons. The van der Waals surface area contributed by atoms with Gasteiger partial charge in [-0.05, 0) is 50.1 Å². The second-order valence-electron chi connectivity index (χ2n) is 5.59. The highest BCUT2D eigenvalue weighted by atomic mass is 35.5. The zero-order valence-corrected chi connectivity index (χ0v) is 14.0. The molecule has 0 N–H and O–H groups in total. The van der Waals surface area contributed by atoms with E-state index in [9.17, 15) is 0 Å². The number of ether oxygens (including phenoxy) is 1. The molecule has 114 valence electrons. The molecule has 2 heterocycles. The first-order valence-corrected chi connectivity index (χ1v) is 7.64. The van der Waals surface area contributed by atoms with E-state index >= 15 is 0 Å². The second-order valence-corrected chi connectivity index (χ2v) is 6.00. The van der Waals surface area contributed by atoms with Crippen molar-refractivity contribution in [2.24, 2.45) is 0 Å². The molecule has 0 bridgehead atoms. The highest BCUT2D eigenvalue weighted by molar-refractivity contribution is 6.35. The number of hydrogen-bond donors (Lipinski definition) is 0. The largest absolute Gasteiger partial charge is 0.497 e. The van der Waals surface area contributed by atoms with E-state index in [1.165, 1.54) is 16.8 Å². The topological polar surface area (TPSA) is 27.1 Å². The molecule has 22 heavy (non-hydrogen) atoms. The molecule has 3 aromatic rings. The van der Waals surface area contributed by atoms with Crippen molar-refractivity contribution in [3.05, 3.63) is 57.9 Å². The van der Waals surface area contributed by atoms with Gasteiger partial charge in [0.05, 0.1) is 12.1 Å². The molecule has 1 aromatic carbocycles. The number of halogens is 1. The number of benzene rings is 1. The first-order valence-electron chi connectivity index (χ1n) is 7.26. The second kappa shape index (κ2) is 5.65. The van der Waals surface area contributed by atoms with Crippen LogP contribution < -0.4 is 4.74 Å². The summed E-state index contributed by atoms with van der Waals surface area (Å²) in [6.45, 7) is 6.96. The monoisotopic (exact) mass is 314 g/mol. The highest BCUT2D eigenvalue weighted by Crippen LogP contribution is 2.31. The van der Waals surface area contributed by atoms with Crippen LogP contribution >= 0.6 is 11.6 Å². The van der Waals surface area contributed by atoms with Crippen molar-refractivity contribution >= 4 is 22.6 Å². The van der Waals surface area contributed by atoms with Crippen molar-refractivity contribution in [2.75, 3.05) is 7.11 Å². The van der Waals surface area contributed by atoms with Crippen LogP contribution in [0.25, 0.3) is 11.0 Å². The molecule has 0 amide bonds. The molecule has 0 saturated carbocycles. The quantitative estimate of drug-likeness (QED) is 0.702. The first kappa shape index (κ1) is 14.9. The van der Waals surface area contributed by atoms with E-state index in [0.29, 0.717) is 0 Å². The summed E-state index contributed by atoms with van der Waals surface area (Å²) in [5.41, 5.74) is 5.49. The average molecular weight is 315 g/mol. The summed E-state index contributed by atoms with van der Waals surface area (Å²) in [6, 6.07) is 10.0. The lowest BCUT2D eigenvalue weighted by Crippen LogP contribution is -2.03. The van der Waals surface area contributed by atoms with Crippen molar-refractivity contribution < 1.29 is 4.74 Å². The molecule has 3 nitrogen and oxygen atoms in total. The molecular formula is C18H19ClN2O. The number of hydrogen-bond acceptors (Lipinski definition) is 2. The van der Waals surface area contributed by atoms with Crippen molar-refractivity contribution in [3.8, 4) is 5.75 Å². The van der Waals surface area contributed by atoms with Gasteiger partial charge in [0, 0.05) is 23.3 Å². The number of aryl methyl sites for hydroxylation is 2. The Hall–Kier alpha value is -2.00. The van der Waals surface area contributed by atoms with Crippen LogP contribution in [0, 0.1) is 20.8 Å². The Morgan fingerprint density at radius 2 is 1.82 bits per heavy atom. The number of aromatic nitrogens is 2. The van der Waals surface area contributed by atoms with Gasteiger partial charge >= 0.3 is 0 Å². The van der Waals surface area contributed by atoms with Crippen LogP contribution in [0.15, 0.2) is 30.3 Å². The lowest BCUT2D eigenvalue weighted by atomic mass is 10.2. The van der Waals surface area contributed by atoms with Crippen LogP contribution in [-0.4, -0.2) is 16.7 Å². The Morgan fingerprint density at radius 3 is 2.45 bits per heavy atom. The third kappa shape index (κ3) is 2.46. The van der Waals surface area contributed by atoms with Gasteiger partial charge in [-0.25, -0.2) is 4.98 Å². The van der Waals surface area contributed by atoms with Gasteiger partial charge in [-0.15, -0.1) is 0 Å². The summed E-state index contributed by atoms with van der Waals surface area (Å²) in [5.74, 6) is 0.867. The first-order chi connectivity index (χ1) is 10.5. The highest BCUT2D eigenvalue weighted by Gasteiger charge is 2.15. The van der Waals surface area contributed by atoms with E-state index in [2.05, 4.69) is 30.5 Å². The minimum atomic E-state index is 0.771. The number of nitrogens with zero attached hydrogens (tertiary/aromatic N) is 2. The smallest absolute Gasteiger partial charge is 0.142 e. The Bertz CT molecular complexity index is 835. The summed E-state index contributed by atoms with van der Waals surface area (Å²) >= 11 is 6.43. The fourth-order valence-corrected chi connectivity index (χ4v) is 3.19. The van der Waals surface area contributed by atoms with Gasteiger partial charge in [-0.2, -0.15) is 0 Å². The van der Waals surface area contributed by atoms with E-state index in [4.69, 9.17) is 21.3 Å². The zero-order valence-electron chi connectivity index (χ0n) is 13.3. The molecule has 0 aliphatic carbocycles. The van der Waals surface area contributed by atoms with Crippen LogP contribution in [0.1, 0.15) is 22.5 Å². The predicted octanol–water partition coefficient (Wildman–Crippen LogP) is 4.67. The predicted molar refractivity (Wildman–Crippen MR) is 91.1 cm³/mol. The molecule has 0 saturated heterocycles. The van der Waals surface area contributed by atoms with Gasteiger partial charge < -0.3 is 9.30 Å². The zero-order chi connectivity index (χ0) is 15.9. The standard InChI is InChI=1S/C18H19ClN2O/c1-11-9-16(19)17-12(2)13(3)21(18(17)20-11)10-14-5-7-15(22-4)8-6-14/h5-9H,10H2,1-4H3. The van der Waals surface area contributed by atoms with Gasteiger partial charge in [-0.1, -0.05) is 23.7 Å². The summed E-state index contributed by atoms with van der Waals surface area (Å²) in [6.07, 6.45) is 0. The van der Waals surface area contributed by atoms with Gasteiger partial charge in [0.15, 0.2) is 0 Å².